The molecule has 114 valence electrons. The summed E-state index contributed by atoms with van der Waals surface area (Å²) in [5.74, 6) is 2.33. The fraction of sp³-hybridized carbons (Fsp3) is 0.750. The van der Waals surface area contributed by atoms with E-state index in [1.54, 1.807) is 0 Å². The molecule has 0 saturated heterocycles. The van der Waals surface area contributed by atoms with E-state index in [4.69, 9.17) is 4.98 Å². The number of rotatable bonds is 9. The Labute approximate surface area is 124 Å². The number of hydrogen-bond donors (Lipinski definition) is 1. The summed E-state index contributed by atoms with van der Waals surface area (Å²) in [4.78, 5) is 11.4. The number of aromatic nitrogens is 2. The number of nitrogens with zero attached hydrogens (tertiary/aromatic N) is 3. The van der Waals surface area contributed by atoms with Crippen molar-refractivity contribution in [3.8, 4) is 0 Å². The van der Waals surface area contributed by atoms with Gasteiger partial charge in [-0.3, -0.25) is 4.98 Å². The molecule has 20 heavy (non-hydrogen) atoms. The lowest BCUT2D eigenvalue weighted by atomic mass is 10.1. The van der Waals surface area contributed by atoms with E-state index in [9.17, 15) is 0 Å². The molecule has 0 radical (unpaired) electrons. The maximum absolute atomic E-state index is 4.73. The molecule has 0 aromatic carbocycles. The van der Waals surface area contributed by atoms with Crippen LogP contribution >= 0.6 is 0 Å². The zero-order valence-electron chi connectivity index (χ0n) is 13.7. The Bertz CT molecular complexity index is 378. The summed E-state index contributed by atoms with van der Waals surface area (Å²) < 4.78 is 0. The van der Waals surface area contributed by atoms with Crippen molar-refractivity contribution in [2.45, 2.75) is 47.6 Å². The van der Waals surface area contributed by atoms with Crippen molar-refractivity contribution in [1.29, 1.82) is 0 Å². The van der Waals surface area contributed by atoms with Crippen molar-refractivity contribution < 1.29 is 0 Å². The van der Waals surface area contributed by atoms with Crippen LogP contribution in [0.25, 0.3) is 0 Å². The molecule has 4 nitrogen and oxygen atoms in total. The van der Waals surface area contributed by atoms with Crippen LogP contribution in [0.4, 0.5) is 5.82 Å². The topological polar surface area (TPSA) is 41.1 Å². The van der Waals surface area contributed by atoms with Gasteiger partial charge in [-0.25, -0.2) is 4.98 Å². The summed E-state index contributed by atoms with van der Waals surface area (Å²) in [5.41, 5.74) is 1.02. The van der Waals surface area contributed by atoms with Crippen LogP contribution in [0.1, 0.15) is 46.7 Å². The quantitative estimate of drug-likeness (QED) is 0.753. The van der Waals surface area contributed by atoms with Gasteiger partial charge in [-0.05, 0) is 25.3 Å². The Morgan fingerprint density at radius 2 is 1.95 bits per heavy atom. The van der Waals surface area contributed by atoms with Gasteiger partial charge in [0.2, 0.25) is 0 Å². The van der Waals surface area contributed by atoms with E-state index in [1.165, 1.54) is 6.42 Å². The molecule has 0 aliphatic carbocycles. The van der Waals surface area contributed by atoms with Crippen LogP contribution in [0, 0.1) is 11.8 Å². The summed E-state index contributed by atoms with van der Waals surface area (Å²) in [6, 6.07) is 0. The van der Waals surface area contributed by atoms with Gasteiger partial charge in [0, 0.05) is 25.8 Å². The highest BCUT2D eigenvalue weighted by Crippen LogP contribution is 2.13. The molecule has 1 aromatic rings. The molecule has 1 N–H and O–H groups in total. The van der Waals surface area contributed by atoms with Crippen LogP contribution in [0.2, 0.25) is 0 Å². The summed E-state index contributed by atoms with van der Waals surface area (Å²) in [7, 11) is 0. The van der Waals surface area contributed by atoms with E-state index in [-0.39, 0.29) is 0 Å². The summed E-state index contributed by atoms with van der Waals surface area (Å²) in [6.45, 7) is 14.9. The minimum absolute atomic E-state index is 0.656. The van der Waals surface area contributed by atoms with Gasteiger partial charge in [-0.2, -0.15) is 0 Å². The summed E-state index contributed by atoms with van der Waals surface area (Å²) in [6.07, 6.45) is 4.92. The number of hydrogen-bond acceptors (Lipinski definition) is 4. The molecular formula is C16H30N4. The van der Waals surface area contributed by atoms with E-state index in [2.05, 4.69) is 49.8 Å². The van der Waals surface area contributed by atoms with Crippen molar-refractivity contribution in [2.24, 2.45) is 11.8 Å². The van der Waals surface area contributed by atoms with Gasteiger partial charge in [0.15, 0.2) is 0 Å². The number of nitrogens with one attached hydrogen (secondary N) is 1. The third-order valence-corrected chi connectivity index (χ3v) is 3.47. The standard InChI is InChI=1S/C16H30N4/c1-6-14(5)12-20(7-2)16-11-18-10-15(19-16)9-17-8-13(3)4/h10-11,13-14,17H,6-9,12H2,1-5H3. The normalized spacial score (nSPS) is 12.7. The molecule has 0 fully saturated rings. The zero-order valence-corrected chi connectivity index (χ0v) is 13.7. The molecule has 1 heterocycles. The second kappa shape index (κ2) is 8.90. The molecule has 0 aliphatic heterocycles. The summed E-state index contributed by atoms with van der Waals surface area (Å²) in [5, 5.41) is 3.42. The first kappa shape index (κ1) is 16.9. The van der Waals surface area contributed by atoms with Gasteiger partial charge in [-0.1, -0.05) is 34.1 Å². The van der Waals surface area contributed by atoms with Crippen LogP contribution in [0.15, 0.2) is 12.4 Å². The molecule has 0 amide bonds. The van der Waals surface area contributed by atoms with Crippen molar-refractivity contribution in [3.05, 3.63) is 18.1 Å². The lowest BCUT2D eigenvalue weighted by molar-refractivity contribution is 0.539. The first-order valence-corrected chi connectivity index (χ1v) is 7.83. The van der Waals surface area contributed by atoms with E-state index in [1.807, 2.05) is 12.4 Å². The Morgan fingerprint density at radius 1 is 1.20 bits per heavy atom. The summed E-state index contributed by atoms with van der Waals surface area (Å²) >= 11 is 0. The Balaban J connectivity index is 2.64. The second-order valence-electron chi connectivity index (χ2n) is 5.95. The van der Waals surface area contributed by atoms with Gasteiger partial charge in [0.25, 0.3) is 0 Å². The average molecular weight is 278 g/mol. The highest BCUT2D eigenvalue weighted by atomic mass is 15.2. The van der Waals surface area contributed by atoms with Gasteiger partial charge in [0.05, 0.1) is 11.9 Å². The van der Waals surface area contributed by atoms with Crippen LogP contribution in [0.5, 0.6) is 0 Å². The van der Waals surface area contributed by atoms with E-state index < -0.39 is 0 Å². The van der Waals surface area contributed by atoms with Crippen molar-refractivity contribution in [3.63, 3.8) is 0 Å². The first-order valence-electron chi connectivity index (χ1n) is 7.83. The largest absolute Gasteiger partial charge is 0.355 e. The van der Waals surface area contributed by atoms with Gasteiger partial charge in [-0.15, -0.1) is 0 Å². The van der Waals surface area contributed by atoms with Gasteiger partial charge < -0.3 is 10.2 Å². The fourth-order valence-corrected chi connectivity index (χ4v) is 2.01. The molecule has 0 spiro atoms. The Hall–Kier alpha value is -1.16. The van der Waals surface area contributed by atoms with Crippen LogP contribution in [-0.2, 0) is 6.54 Å². The fourth-order valence-electron chi connectivity index (χ4n) is 2.01. The van der Waals surface area contributed by atoms with Crippen LogP contribution in [-0.4, -0.2) is 29.6 Å². The lowest BCUT2D eigenvalue weighted by Crippen LogP contribution is -2.29. The first-order chi connectivity index (χ1) is 9.56. The molecule has 1 aromatic heterocycles. The monoisotopic (exact) mass is 278 g/mol. The van der Waals surface area contributed by atoms with Crippen LogP contribution < -0.4 is 10.2 Å². The molecule has 0 saturated carbocycles. The Morgan fingerprint density at radius 3 is 2.55 bits per heavy atom. The van der Waals surface area contributed by atoms with Gasteiger partial charge in [0.1, 0.15) is 5.82 Å². The SMILES string of the molecule is CCC(C)CN(CC)c1cncc(CNCC(C)C)n1. The maximum atomic E-state index is 4.73. The molecular weight excluding hydrogens is 248 g/mol. The van der Waals surface area contributed by atoms with E-state index >= 15 is 0 Å². The third-order valence-electron chi connectivity index (χ3n) is 3.47. The van der Waals surface area contributed by atoms with Gasteiger partial charge >= 0.3 is 0 Å². The van der Waals surface area contributed by atoms with E-state index in [0.717, 1.165) is 37.7 Å². The van der Waals surface area contributed by atoms with E-state index in [0.29, 0.717) is 11.8 Å². The molecule has 0 aliphatic rings. The highest BCUT2D eigenvalue weighted by Gasteiger charge is 2.10. The molecule has 1 unspecified atom stereocenters. The molecule has 1 atom stereocenters. The minimum atomic E-state index is 0.656. The minimum Gasteiger partial charge on any atom is -0.355 e. The molecule has 0 bridgehead atoms. The second-order valence-corrected chi connectivity index (χ2v) is 5.95. The predicted molar refractivity (Wildman–Crippen MR) is 85.9 cm³/mol. The van der Waals surface area contributed by atoms with Crippen molar-refractivity contribution in [1.82, 2.24) is 15.3 Å². The highest BCUT2D eigenvalue weighted by molar-refractivity contribution is 5.36. The Kier molecular flexibility index (Phi) is 7.52. The third kappa shape index (κ3) is 5.87. The lowest BCUT2D eigenvalue weighted by Gasteiger charge is -2.25. The molecule has 4 heteroatoms. The van der Waals surface area contributed by atoms with Crippen molar-refractivity contribution in [2.75, 3.05) is 24.5 Å². The van der Waals surface area contributed by atoms with Crippen LogP contribution in [0.3, 0.4) is 0 Å². The number of anilines is 1. The smallest absolute Gasteiger partial charge is 0.147 e. The molecule has 1 rings (SSSR count). The predicted octanol–water partition coefficient (Wildman–Crippen LogP) is 3.09. The zero-order chi connectivity index (χ0) is 15.0. The average Bonchev–Trinajstić information content (AvgIpc) is 2.44. The van der Waals surface area contributed by atoms with Crippen molar-refractivity contribution >= 4 is 5.82 Å². The maximum Gasteiger partial charge on any atom is 0.147 e.